The lowest BCUT2D eigenvalue weighted by Crippen LogP contribution is -2.24. The van der Waals surface area contributed by atoms with Gasteiger partial charge in [-0.15, -0.1) is 0 Å². The Bertz CT molecular complexity index is 1630. The molecule has 0 unspecified atom stereocenters. The lowest BCUT2D eigenvalue weighted by Gasteiger charge is -2.23. The molecule has 3 aromatic heterocycles. The minimum atomic E-state index is -0.224. The molecule has 0 fully saturated rings. The van der Waals surface area contributed by atoms with Crippen LogP contribution in [-0.4, -0.2) is 25.2 Å². The van der Waals surface area contributed by atoms with E-state index in [2.05, 4.69) is 85.5 Å². The summed E-state index contributed by atoms with van der Waals surface area (Å²) in [6.07, 6.45) is 13.0. The lowest BCUT2D eigenvalue weighted by molar-refractivity contribution is 0.883. The van der Waals surface area contributed by atoms with Crippen LogP contribution in [0.5, 0.6) is 0 Å². The normalized spacial score (nSPS) is 14.1. The van der Waals surface area contributed by atoms with Gasteiger partial charge in [0.15, 0.2) is 0 Å². The van der Waals surface area contributed by atoms with Crippen molar-refractivity contribution in [3.05, 3.63) is 110 Å². The summed E-state index contributed by atoms with van der Waals surface area (Å²) in [5.41, 5.74) is 11.4. The number of aromatic nitrogens is 4. The first-order chi connectivity index (χ1) is 17.2. The molecule has 0 radical (unpaired) electrons. The number of nitrogens with one attached hydrogen (secondary N) is 2. The summed E-state index contributed by atoms with van der Waals surface area (Å²) in [4.78, 5) is 13.6. The van der Waals surface area contributed by atoms with Crippen LogP contribution in [0, 0.1) is 0 Å². The van der Waals surface area contributed by atoms with Gasteiger partial charge in [-0.05, 0) is 59.0 Å². The number of pyridine rings is 1. The highest BCUT2D eigenvalue weighted by Gasteiger charge is 2.20. The zero-order valence-corrected chi connectivity index (χ0v) is 19.2. The number of fused-ring (bicyclic) bond motifs is 2. The molecule has 35 heavy (non-hydrogen) atoms. The standard InChI is InChI=1S/C28H23N7/c1-18-5-8-24(34-33-18)27(21-4-3-10-29-17-21)32-22-15-23(28-25(16-22)30-11-12-31-28)20-7-6-19-9-13-35(2)26(19)14-20/h3-17,27,32-33H,1H2,2H3/t27-/m1/s1. The Balaban J connectivity index is 1.48. The van der Waals surface area contributed by atoms with Crippen LogP contribution >= 0.6 is 0 Å². The van der Waals surface area contributed by atoms with E-state index in [1.807, 2.05) is 36.5 Å². The van der Waals surface area contributed by atoms with Crippen LogP contribution in [0.25, 0.3) is 33.1 Å². The van der Waals surface area contributed by atoms with Crippen molar-refractivity contribution in [3.63, 3.8) is 0 Å². The highest BCUT2D eigenvalue weighted by Crippen LogP contribution is 2.33. The minimum absolute atomic E-state index is 0.224. The average molecular weight is 458 g/mol. The number of anilines is 1. The maximum absolute atomic E-state index is 4.66. The molecular weight excluding hydrogens is 434 g/mol. The second-order valence-electron chi connectivity index (χ2n) is 8.52. The second-order valence-corrected chi connectivity index (χ2v) is 8.52. The number of allylic oxidation sites excluding steroid dienone is 1. The quantitative estimate of drug-likeness (QED) is 0.371. The van der Waals surface area contributed by atoms with Crippen molar-refractivity contribution < 1.29 is 0 Å². The van der Waals surface area contributed by atoms with Crippen molar-refractivity contribution in [1.82, 2.24) is 24.9 Å². The fourth-order valence-electron chi connectivity index (χ4n) is 4.41. The molecule has 0 amide bonds. The molecule has 0 saturated carbocycles. The fraction of sp³-hybridized carbons (Fsp3) is 0.0714. The van der Waals surface area contributed by atoms with E-state index in [9.17, 15) is 0 Å². The van der Waals surface area contributed by atoms with Gasteiger partial charge in [0.05, 0.1) is 22.8 Å². The molecule has 4 heterocycles. The zero-order chi connectivity index (χ0) is 23.8. The molecule has 6 rings (SSSR count). The number of hydrazone groups is 1. The lowest BCUT2D eigenvalue weighted by atomic mass is 9.99. The van der Waals surface area contributed by atoms with Crippen molar-refractivity contribution in [2.75, 3.05) is 5.32 Å². The van der Waals surface area contributed by atoms with Crippen molar-refractivity contribution in [2.45, 2.75) is 6.04 Å². The van der Waals surface area contributed by atoms with E-state index in [1.54, 1.807) is 18.6 Å². The highest BCUT2D eigenvalue weighted by atomic mass is 15.3. The predicted octanol–water partition coefficient (Wildman–Crippen LogP) is 5.37. The molecule has 0 spiro atoms. The Hall–Kier alpha value is -4.78. The monoisotopic (exact) mass is 457 g/mol. The predicted molar refractivity (Wildman–Crippen MR) is 141 cm³/mol. The van der Waals surface area contributed by atoms with Crippen molar-refractivity contribution >= 4 is 33.3 Å². The second kappa shape index (κ2) is 8.53. The first-order valence-corrected chi connectivity index (χ1v) is 11.3. The number of benzene rings is 2. The number of nitrogens with zero attached hydrogens (tertiary/aromatic N) is 5. The molecule has 1 aliphatic rings. The van der Waals surface area contributed by atoms with Gasteiger partial charge >= 0.3 is 0 Å². The number of hydrogen-bond acceptors (Lipinski definition) is 6. The number of hydrogen-bond donors (Lipinski definition) is 2. The van der Waals surface area contributed by atoms with Crippen molar-refractivity contribution in [2.24, 2.45) is 12.1 Å². The molecule has 2 N–H and O–H groups in total. The van der Waals surface area contributed by atoms with Crippen molar-refractivity contribution in [1.29, 1.82) is 0 Å². The van der Waals surface area contributed by atoms with Crippen molar-refractivity contribution in [3.8, 4) is 11.1 Å². The SMILES string of the molecule is C=C1C=CC([C@H](Nc2cc(-c3ccc4ccn(C)c4c3)c3nccnc3c2)c2cccnc2)=NN1. The summed E-state index contributed by atoms with van der Waals surface area (Å²) >= 11 is 0. The third-order valence-electron chi connectivity index (χ3n) is 6.18. The Labute approximate surface area is 202 Å². The van der Waals surface area contributed by atoms with Gasteiger partial charge in [0.2, 0.25) is 0 Å². The highest BCUT2D eigenvalue weighted by molar-refractivity contribution is 6.03. The third kappa shape index (κ3) is 3.93. The van der Waals surface area contributed by atoms with Crippen LogP contribution in [0.15, 0.2) is 109 Å². The Morgan fingerprint density at radius 3 is 2.74 bits per heavy atom. The van der Waals surface area contributed by atoms with Gasteiger partial charge in [0.25, 0.3) is 0 Å². The van der Waals surface area contributed by atoms with Gasteiger partial charge in [-0.25, -0.2) is 0 Å². The van der Waals surface area contributed by atoms with Crippen LogP contribution in [0.3, 0.4) is 0 Å². The van der Waals surface area contributed by atoms with E-state index in [0.717, 1.165) is 44.8 Å². The first-order valence-electron chi connectivity index (χ1n) is 11.3. The average Bonchev–Trinajstić information content (AvgIpc) is 3.28. The molecular formula is C28H23N7. The van der Waals surface area contributed by atoms with Gasteiger partial charge in [0, 0.05) is 60.5 Å². The number of aryl methyl sites for hydroxylation is 1. The Kier molecular flexibility index (Phi) is 5.07. The smallest absolute Gasteiger partial charge is 0.0973 e. The topological polar surface area (TPSA) is 80.0 Å². The molecule has 0 bridgehead atoms. The third-order valence-corrected chi connectivity index (χ3v) is 6.18. The van der Waals surface area contributed by atoms with Crippen LogP contribution < -0.4 is 10.7 Å². The summed E-state index contributed by atoms with van der Waals surface area (Å²) in [5, 5.41) is 9.39. The largest absolute Gasteiger partial charge is 0.373 e. The van der Waals surface area contributed by atoms with Crippen LogP contribution in [0.4, 0.5) is 5.69 Å². The molecule has 1 atom stereocenters. The molecule has 7 nitrogen and oxygen atoms in total. The van der Waals surface area contributed by atoms with Crippen LogP contribution in [0.1, 0.15) is 11.6 Å². The molecule has 0 aliphatic carbocycles. The van der Waals surface area contributed by atoms with Gasteiger partial charge in [-0.1, -0.05) is 24.8 Å². The molecule has 7 heteroatoms. The summed E-state index contributed by atoms with van der Waals surface area (Å²) in [6.45, 7) is 3.91. The zero-order valence-electron chi connectivity index (χ0n) is 19.2. The van der Waals surface area contributed by atoms with Gasteiger partial charge in [-0.2, -0.15) is 5.10 Å². The van der Waals surface area contributed by atoms with E-state index < -0.39 is 0 Å². The molecule has 5 aromatic rings. The summed E-state index contributed by atoms with van der Waals surface area (Å²) in [5.74, 6) is 0. The van der Waals surface area contributed by atoms with E-state index in [1.165, 1.54) is 10.9 Å². The van der Waals surface area contributed by atoms with E-state index in [-0.39, 0.29) is 6.04 Å². The van der Waals surface area contributed by atoms with Gasteiger partial charge < -0.3 is 9.88 Å². The maximum Gasteiger partial charge on any atom is 0.0973 e. The van der Waals surface area contributed by atoms with E-state index >= 15 is 0 Å². The van der Waals surface area contributed by atoms with Gasteiger partial charge in [0.1, 0.15) is 0 Å². The van der Waals surface area contributed by atoms with Gasteiger partial charge in [-0.3, -0.25) is 20.4 Å². The maximum atomic E-state index is 4.66. The minimum Gasteiger partial charge on any atom is -0.373 e. The first kappa shape index (κ1) is 20.8. The summed E-state index contributed by atoms with van der Waals surface area (Å²) < 4.78 is 2.13. The molecule has 1 aliphatic heterocycles. The van der Waals surface area contributed by atoms with Crippen LogP contribution in [-0.2, 0) is 7.05 Å². The molecule has 170 valence electrons. The summed E-state index contributed by atoms with van der Waals surface area (Å²) in [7, 11) is 2.06. The fourth-order valence-corrected chi connectivity index (χ4v) is 4.41. The molecule has 0 saturated heterocycles. The Morgan fingerprint density at radius 2 is 1.91 bits per heavy atom. The van der Waals surface area contributed by atoms with E-state index in [4.69, 9.17) is 0 Å². The number of rotatable bonds is 5. The van der Waals surface area contributed by atoms with E-state index in [0.29, 0.717) is 0 Å². The molecule has 2 aromatic carbocycles. The Morgan fingerprint density at radius 1 is 1.00 bits per heavy atom. The van der Waals surface area contributed by atoms with Crippen LogP contribution in [0.2, 0.25) is 0 Å². The summed E-state index contributed by atoms with van der Waals surface area (Å²) in [6, 6.07) is 16.5.